The van der Waals surface area contributed by atoms with E-state index in [4.69, 9.17) is 14.2 Å². The van der Waals surface area contributed by atoms with Crippen LogP contribution in [0.1, 0.15) is 47.1 Å². The molecule has 0 saturated heterocycles. The molecule has 1 unspecified atom stereocenters. The van der Waals surface area contributed by atoms with Crippen LogP contribution in [0.15, 0.2) is 55.1 Å². The normalized spacial score (nSPS) is 12.8. The topological polar surface area (TPSA) is 66.8 Å². The summed E-state index contributed by atoms with van der Waals surface area (Å²) in [5.41, 5.74) is 4.80. The highest BCUT2D eigenvalue weighted by molar-refractivity contribution is 5.96. The van der Waals surface area contributed by atoms with E-state index in [1.54, 1.807) is 19.1 Å². The van der Waals surface area contributed by atoms with Crippen molar-refractivity contribution < 1.29 is 23.8 Å². The van der Waals surface area contributed by atoms with Crippen LogP contribution in [0.3, 0.4) is 0 Å². The van der Waals surface area contributed by atoms with Crippen molar-refractivity contribution >= 4 is 22.8 Å². The second-order valence-corrected chi connectivity index (χ2v) is 7.73. The van der Waals surface area contributed by atoms with Crippen LogP contribution in [0.2, 0.25) is 0 Å². The van der Waals surface area contributed by atoms with Crippen molar-refractivity contribution in [3.63, 3.8) is 0 Å². The lowest BCUT2D eigenvalue weighted by atomic mass is 10.1. The molecule has 0 aliphatic carbocycles. The van der Waals surface area contributed by atoms with Gasteiger partial charge in [0.05, 0.1) is 18.7 Å². The number of hydrogen-bond donors (Lipinski definition) is 0. The summed E-state index contributed by atoms with van der Waals surface area (Å²) in [6.45, 7) is 11.7. The number of benzene rings is 2. The van der Waals surface area contributed by atoms with Gasteiger partial charge in [-0.15, -0.1) is 0 Å². The zero-order valence-electron chi connectivity index (χ0n) is 19.2. The summed E-state index contributed by atoms with van der Waals surface area (Å²) in [4.78, 5) is 24.0. The number of carbonyl (C=O) groups excluding carboxylic acids is 2. The Morgan fingerprint density at radius 2 is 1.88 bits per heavy atom. The molecule has 3 rings (SSSR count). The lowest BCUT2D eigenvalue weighted by molar-refractivity contribution is -0.147. The molecule has 6 nitrogen and oxygen atoms in total. The molecular weight excluding hydrogens is 406 g/mol. The van der Waals surface area contributed by atoms with Crippen molar-refractivity contribution in [2.24, 2.45) is 0 Å². The highest BCUT2D eigenvalue weighted by Gasteiger charge is 2.20. The van der Waals surface area contributed by atoms with Gasteiger partial charge in [0.15, 0.2) is 6.10 Å². The van der Waals surface area contributed by atoms with Gasteiger partial charge in [0, 0.05) is 16.6 Å². The van der Waals surface area contributed by atoms with Gasteiger partial charge in [-0.3, -0.25) is 0 Å². The fraction of sp³-hybridized carbons (Fsp3) is 0.308. The number of hydrogen-bond acceptors (Lipinski definition) is 5. The highest BCUT2D eigenvalue weighted by Crippen LogP contribution is 2.33. The molecule has 2 aromatic carbocycles. The van der Waals surface area contributed by atoms with Crippen LogP contribution in [-0.4, -0.2) is 36.3 Å². The van der Waals surface area contributed by atoms with Crippen LogP contribution >= 0.6 is 0 Å². The van der Waals surface area contributed by atoms with Gasteiger partial charge in [0.2, 0.25) is 0 Å². The summed E-state index contributed by atoms with van der Waals surface area (Å²) in [6, 6.07) is 13.3. The van der Waals surface area contributed by atoms with Gasteiger partial charge in [-0.2, -0.15) is 0 Å². The van der Waals surface area contributed by atoms with E-state index in [1.807, 2.05) is 36.4 Å². The molecule has 1 heterocycles. The molecule has 168 valence electrons. The van der Waals surface area contributed by atoms with Crippen LogP contribution in [-0.2, 0) is 14.3 Å². The van der Waals surface area contributed by atoms with E-state index in [9.17, 15) is 9.59 Å². The molecule has 0 amide bonds. The molecule has 3 aromatic rings. The molecule has 1 aromatic heterocycles. The van der Waals surface area contributed by atoms with Gasteiger partial charge in [-0.05, 0) is 69.2 Å². The first kappa shape index (κ1) is 23.1. The SMILES string of the molecule is C=CCOC(=O)c1ccc2c(c1)c(C)c(C)n2C(C)c1cccc(O[C@@H](C)C(=O)OC)c1. The third kappa shape index (κ3) is 4.54. The lowest BCUT2D eigenvalue weighted by Crippen LogP contribution is -2.25. The standard InChI is InChI=1S/C26H29NO5/c1-7-13-31-26(29)21-11-12-24-23(15-21)16(2)17(3)27(24)18(4)20-9-8-10-22(14-20)32-19(5)25(28)30-6/h7-12,14-15,18-19H,1,13H2,2-6H3/t18?,19-/m0/s1. The number of aryl methyl sites for hydroxylation is 1. The van der Waals surface area contributed by atoms with Crippen LogP contribution in [0.5, 0.6) is 5.75 Å². The highest BCUT2D eigenvalue weighted by atomic mass is 16.6. The summed E-state index contributed by atoms with van der Waals surface area (Å²) >= 11 is 0. The molecule has 2 atom stereocenters. The van der Waals surface area contributed by atoms with E-state index in [-0.39, 0.29) is 18.6 Å². The van der Waals surface area contributed by atoms with Crippen molar-refractivity contribution in [2.45, 2.75) is 39.8 Å². The van der Waals surface area contributed by atoms with E-state index >= 15 is 0 Å². The lowest BCUT2D eigenvalue weighted by Gasteiger charge is -2.20. The van der Waals surface area contributed by atoms with Crippen molar-refractivity contribution in [2.75, 3.05) is 13.7 Å². The van der Waals surface area contributed by atoms with Crippen molar-refractivity contribution in [3.05, 3.63) is 77.5 Å². The first-order chi connectivity index (χ1) is 15.3. The molecule has 32 heavy (non-hydrogen) atoms. The van der Waals surface area contributed by atoms with Crippen LogP contribution in [0.25, 0.3) is 10.9 Å². The Bertz CT molecular complexity index is 1160. The van der Waals surface area contributed by atoms with E-state index in [2.05, 4.69) is 31.9 Å². The minimum absolute atomic E-state index is 0.00162. The summed E-state index contributed by atoms with van der Waals surface area (Å²) in [5.74, 6) is -0.187. The van der Waals surface area contributed by atoms with Gasteiger partial charge < -0.3 is 18.8 Å². The van der Waals surface area contributed by atoms with Crippen LogP contribution in [0.4, 0.5) is 0 Å². The Morgan fingerprint density at radius 1 is 1.12 bits per heavy atom. The van der Waals surface area contributed by atoms with E-state index in [1.165, 1.54) is 7.11 Å². The quantitative estimate of drug-likeness (QED) is 0.362. The first-order valence-corrected chi connectivity index (χ1v) is 10.5. The number of carbonyl (C=O) groups is 2. The van der Waals surface area contributed by atoms with Crippen molar-refractivity contribution in [1.29, 1.82) is 0 Å². The van der Waals surface area contributed by atoms with E-state index in [0.29, 0.717) is 11.3 Å². The third-order valence-corrected chi connectivity index (χ3v) is 5.71. The van der Waals surface area contributed by atoms with Crippen LogP contribution < -0.4 is 4.74 Å². The molecule has 0 fully saturated rings. The van der Waals surface area contributed by atoms with Gasteiger partial charge >= 0.3 is 11.9 Å². The number of nitrogens with zero attached hydrogens (tertiary/aromatic N) is 1. The zero-order chi connectivity index (χ0) is 23.4. The molecule has 0 saturated carbocycles. The Morgan fingerprint density at radius 3 is 2.56 bits per heavy atom. The van der Waals surface area contributed by atoms with Gasteiger partial charge in [0.1, 0.15) is 12.4 Å². The largest absolute Gasteiger partial charge is 0.479 e. The molecule has 6 heteroatoms. The molecule has 0 spiro atoms. The fourth-order valence-corrected chi connectivity index (χ4v) is 3.86. The second kappa shape index (κ2) is 9.73. The molecule has 0 N–H and O–H groups in total. The Balaban J connectivity index is 1.96. The second-order valence-electron chi connectivity index (χ2n) is 7.73. The maximum absolute atomic E-state index is 12.3. The minimum atomic E-state index is -0.693. The third-order valence-electron chi connectivity index (χ3n) is 5.71. The number of ether oxygens (including phenoxy) is 3. The average molecular weight is 436 g/mol. The number of rotatable bonds is 8. The fourth-order valence-electron chi connectivity index (χ4n) is 3.86. The summed E-state index contributed by atoms with van der Waals surface area (Å²) in [7, 11) is 1.34. The molecule has 0 aliphatic heterocycles. The first-order valence-electron chi connectivity index (χ1n) is 10.5. The summed E-state index contributed by atoms with van der Waals surface area (Å²) in [5, 5.41) is 1.01. The predicted molar refractivity (Wildman–Crippen MR) is 124 cm³/mol. The molecule has 0 aliphatic rings. The van der Waals surface area contributed by atoms with Gasteiger partial charge in [0.25, 0.3) is 0 Å². The monoisotopic (exact) mass is 435 g/mol. The molecule has 0 radical (unpaired) electrons. The Kier molecular flexibility index (Phi) is 7.03. The Labute approximate surface area is 188 Å². The minimum Gasteiger partial charge on any atom is -0.479 e. The smallest absolute Gasteiger partial charge is 0.346 e. The van der Waals surface area contributed by atoms with E-state index < -0.39 is 12.1 Å². The maximum Gasteiger partial charge on any atom is 0.346 e. The molecule has 0 bridgehead atoms. The zero-order valence-corrected chi connectivity index (χ0v) is 19.2. The Hall–Kier alpha value is -3.54. The average Bonchev–Trinajstić information content (AvgIpc) is 3.05. The van der Waals surface area contributed by atoms with Crippen LogP contribution in [0, 0.1) is 13.8 Å². The predicted octanol–water partition coefficient (Wildman–Crippen LogP) is 5.15. The van der Waals surface area contributed by atoms with Gasteiger partial charge in [-0.25, -0.2) is 9.59 Å². The van der Waals surface area contributed by atoms with Crippen molar-refractivity contribution in [1.82, 2.24) is 4.57 Å². The number of fused-ring (bicyclic) bond motifs is 1. The number of aromatic nitrogens is 1. The van der Waals surface area contributed by atoms with E-state index in [0.717, 1.165) is 27.7 Å². The molecular formula is C26H29NO5. The number of methoxy groups -OCH3 is 1. The summed E-state index contributed by atoms with van der Waals surface area (Å²) in [6.07, 6.45) is 0.856. The summed E-state index contributed by atoms with van der Waals surface area (Å²) < 4.78 is 17.9. The maximum atomic E-state index is 12.3. The number of esters is 2. The van der Waals surface area contributed by atoms with Gasteiger partial charge in [-0.1, -0.05) is 24.8 Å². The van der Waals surface area contributed by atoms with Crippen molar-refractivity contribution in [3.8, 4) is 5.75 Å².